The average Bonchev–Trinajstić information content (AvgIpc) is 2.88. The van der Waals surface area contributed by atoms with Crippen molar-refractivity contribution in [2.45, 2.75) is 47.7 Å². The number of aryl methyl sites for hydroxylation is 2. The van der Waals surface area contributed by atoms with Gasteiger partial charge in [-0.05, 0) is 32.3 Å². The molecule has 0 aliphatic carbocycles. The van der Waals surface area contributed by atoms with Gasteiger partial charge in [0.15, 0.2) is 0 Å². The Hall–Kier alpha value is 0.590. The summed E-state index contributed by atoms with van der Waals surface area (Å²) in [6, 6.07) is 8.42. The molecule has 1 aromatic carbocycles. The van der Waals surface area contributed by atoms with E-state index in [2.05, 4.69) is 74.3 Å². The Labute approximate surface area is 170 Å². The van der Waals surface area contributed by atoms with E-state index in [0.29, 0.717) is 7.92 Å². The number of nitrogens with zero attached hydrogens (tertiary/aromatic N) is 2. The van der Waals surface area contributed by atoms with Gasteiger partial charge in [-0.15, -0.1) is 7.92 Å². The van der Waals surface area contributed by atoms with Crippen LogP contribution in [0.25, 0.3) is 11.0 Å². The number of halogens is 1. The van der Waals surface area contributed by atoms with E-state index in [0.717, 1.165) is 13.1 Å². The third-order valence-corrected chi connectivity index (χ3v) is 6.36. The van der Waals surface area contributed by atoms with E-state index in [-0.39, 0.29) is 46.4 Å². The van der Waals surface area contributed by atoms with E-state index in [1.807, 2.05) is 0 Å². The van der Waals surface area contributed by atoms with Gasteiger partial charge in [0.05, 0.1) is 13.1 Å². The zero-order valence-corrected chi connectivity index (χ0v) is 19.6. The second kappa shape index (κ2) is 14.0. The Kier molecular flexibility index (Phi) is 15.8. The predicted octanol–water partition coefficient (Wildman–Crippen LogP) is 1.30. The Morgan fingerprint density at radius 1 is 1.00 bits per heavy atom. The molecule has 0 atom stereocenters. The van der Waals surface area contributed by atoms with Crippen molar-refractivity contribution >= 4 is 19.0 Å². The van der Waals surface area contributed by atoms with Crippen LogP contribution in [-0.4, -0.2) is 23.1 Å². The van der Waals surface area contributed by atoms with E-state index in [1.165, 1.54) is 29.5 Å². The maximum atomic E-state index is 3.32. The molecule has 1 heterocycles. The van der Waals surface area contributed by atoms with Crippen LogP contribution < -0.4 is 28.5 Å². The summed E-state index contributed by atoms with van der Waals surface area (Å²) >= 11 is 0. The van der Waals surface area contributed by atoms with E-state index in [9.17, 15) is 0 Å². The van der Waals surface area contributed by atoms with Crippen LogP contribution in [0.5, 0.6) is 0 Å². The quantitative estimate of drug-likeness (QED) is 0.158. The molecule has 0 saturated heterocycles. The Balaban J connectivity index is 0. The van der Waals surface area contributed by atoms with Crippen LogP contribution in [0.4, 0.5) is 0 Å². The summed E-state index contributed by atoms with van der Waals surface area (Å²) < 4.78 is 4.30. The van der Waals surface area contributed by atoms with Gasteiger partial charge in [0.2, 0.25) is 6.33 Å². The molecule has 22 heavy (non-hydrogen) atoms. The molecule has 0 spiro atoms. The molecule has 5 heteroatoms. The van der Waals surface area contributed by atoms with Gasteiger partial charge in [-0.25, -0.2) is 0 Å². The minimum atomic E-state index is 0. The summed E-state index contributed by atoms with van der Waals surface area (Å²) in [5.74, 6) is 0. The Morgan fingerprint density at radius 2 is 1.55 bits per heavy atom. The van der Waals surface area contributed by atoms with Crippen molar-refractivity contribution in [3.8, 4) is 0 Å². The van der Waals surface area contributed by atoms with Crippen LogP contribution in [0.2, 0.25) is 0 Å². The molecule has 1 aromatic heterocycles. The second-order valence-electron chi connectivity index (χ2n) is 4.70. The van der Waals surface area contributed by atoms with E-state index in [1.54, 1.807) is 0 Å². The van der Waals surface area contributed by atoms with Crippen molar-refractivity contribution in [3.05, 3.63) is 30.6 Å². The fourth-order valence-corrected chi connectivity index (χ4v) is 3.67. The molecule has 0 saturated carbocycles. The van der Waals surface area contributed by atoms with E-state index < -0.39 is 0 Å². The van der Waals surface area contributed by atoms with Crippen LogP contribution in [0.15, 0.2) is 24.3 Å². The van der Waals surface area contributed by atoms with Gasteiger partial charge >= 0.3 is 22.4 Å². The number of imidazole rings is 1. The Morgan fingerprint density at radius 3 is 1.95 bits per heavy atom. The first-order valence-electron chi connectivity index (χ1n) is 7.84. The van der Waals surface area contributed by atoms with Gasteiger partial charge in [0, 0.05) is 11.0 Å². The molecule has 0 fully saturated rings. The van der Waals surface area contributed by atoms with Gasteiger partial charge in [-0.3, -0.25) is 0 Å². The van der Waals surface area contributed by atoms with E-state index >= 15 is 0 Å². The molecular weight excluding hydrogens is 587 g/mol. The smallest absolute Gasteiger partial charge is 1.00 e. The summed E-state index contributed by atoms with van der Waals surface area (Å²) in [6.07, 6.45) is 7.58. The molecule has 0 unspecified atom stereocenters. The third-order valence-electron chi connectivity index (χ3n) is 3.68. The molecule has 2 nitrogen and oxygen atoms in total. The fourth-order valence-electron chi connectivity index (χ4n) is 2.33. The number of fused-ring (bicyclic) bond motifs is 1. The van der Waals surface area contributed by atoms with Crippen LogP contribution >= 0.6 is 7.92 Å². The Bertz CT molecular complexity index is 469. The van der Waals surface area contributed by atoms with Crippen molar-refractivity contribution in [1.29, 1.82) is 0 Å². The van der Waals surface area contributed by atoms with E-state index in [4.69, 9.17) is 0 Å². The van der Waals surface area contributed by atoms with Crippen LogP contribution in [0.3, 0.4) is 0 Å². The topological polar surface area (TPSA) is 8.81 Å². The summed E-state index contributed by atoms with van der Waals surface area (Å²) in [5.41, 5.74) is 2.54. The minimum absolute atomic E-state index is 0. The molecule has 0 N–H and O–H groups in total. The van der Waals surface area contributed by atoms with Crippen molar-refractivity contribution in [2.75, 3.05) is 18.5 Å². The number of hydrogen-bond donors (Lipinski definition) is 0. The average molecular weight is 616 g/mol. The third kappa shape index (κ3) is 7.00. The van der Waals surface area contributed by atoms with Crippen molar-refractivity contribution < 1.29 is 50.9 Å². The number of hydrogen-bond acceptors (Lipinski definition) is 0. The first-order chi connectivity index (χ1) is 9.71. The molecule has 0 radical (unpaired) electrons. The zero-order chi connectivity index (χ0) is 15.0. The van der Waals surface area contributed by atoms with Crippen molar-refractivity contribution in [1.82, 2.24) is 4.57 Å². The minimum Gasteiger partial charge on any atom is -1.00 e. The SMILES string of the molecule is CCP(CC)CC.CCn1[c-][n+](CC)c2ccccc21.[Au+].[I-]. The maximum Gasteiger partial charge on any atom is 1.00 e. The van der Waals surface area contributed by atoms with Gasteiger partial charge < -0.3 is 33.1 Å². The molecule has 0 bridgehead atoms. The standard InChI is InChI=1S/C11H14N2.C6H15P.Au.HI/c1-3-12-9-13(4-2)11-8-6-5-7-10(11)12;1-4-7(5-2)6-3;;/h5-8H,3-4H2,1-2H3;4-6H2,1-3H3;;1H/q;;+1;/p-1. The van der Waals surface area contributed by atoms with Crippen molar-refractivity contribution in [2.24, 2.45) is 0 Å². The summed E-state index contributed by atoms with van der Waals surface area (Å²) in [7, 11) is 0.446. The molecule has 130 valence electrons. The molecule has 2 aromatic rings. The fraction of sp³-hybridized carbons (Fsp3) is 0.588. The summed E-state index contributed by atoms with van der Waals surface area (Å²) in [5, 5.41) is 0. The monoisotopic (exact) mass is 616 g/mol. The van der Waals surface area contributed by atoms with Gasteiger partial charge in [0.25, 0.3) is 0 Å². The second-order valence-corrected chi connectivity index (χ2v) is 7.94. The summed E-state index contributed by atoms with van der Waals surface area (Å²) in [4.78, 5) is 0. The van der Waals surface area contributed by atoms with Gasteiger partial charge in [-0.2, -0.15) is 0 Å². The first-order valence-corrected chi connectivity index (χ1v) is 9.74. The number of rotatable bonds is 5. The largest absolute Gasteiger partial charge is 1.00 e. The zero-order valence-electron chi connectivity index (χ0n) is 14.4. The molecule has 0 aliphatic rings. The van der Waals surface area contributed by atoms with Crippen LogP contribution in [0.1, 0.15) is 34.6 Å². The number of para-hydroxylation sites is 2. The van der Waals surface area contributed by atoms with Gasteiger partial charge in [0.1, 0.15) is 0 Å². The molecule has 0 amide bonds. The van der Waals surface area contributed by atoms with Crippen LogP contribution in [-0.2, 0) is 35.5 Å². The van der Waals surface area contributed by atoms with Gasteiger partial charge in [-0.1, -0.05) is 45.0 Å². The number of aromatic nitrogens is 2. The summed E-state index contributed by atoms with van der Waals surface area (Å²) in [6.45, 7) is 13.1. The predicted molar refractivity (Wildman–Crippen MR) is 90.9 cm³/mol. The molecular formula is C17H29AuIN2P. The number of benzene rings is 1. The first kappa shape index (κ1) is 24.8. The van der Waals surface area contributed by atoms with Crippen LogP contribution in [0, 0.1) is 6.33 Å². The maximum absolute atomic E-state index is 3.32. The molecule has 0 aliphatic heterocycles. The normalized spacial score (nSPS) is 9.73. The van der Waals surface area contributed by atoms with Crippen molar-refractivity contribution in [3.63, 3.8) is 0 Å². The molecule has 2 rings (SSSR count).